The van der Waals surface area contributed by atoms with Crippen LogP contribution in [0.15, 0.2) is 83.4 Å². The highest BCUT2D eigenvalue weighted by atomic mass is 35.5. The molecule has 5 rings (SSSR count). The van der Waals surface area contributed by atoms with Gasteiger partial charge in [0, 0.05) is 22.8 Å². The van der Waals surface area contributed by atoms with Crippen molar-refractivity contribution in [2.75, 3.05) is 19.1 Å². The minimum absolute atomic E-state index is 0.242. The number of anilines is 1. The molecule has 0 spiro atoms. The highest BCUT2D eigenvalue weighted by Crippen LogP contribution is 2.46. The van der Waals surface area contributed by atoms with Crippen LogP contribution in [-0.4, -0.2) is 24.3 Å². The van der Waals surface area contributed by atoms with Gasteiger partial charge in [0.15, 0.2) is 5.11 Å². The van der Waals surface area contributed by atoms with Crippen LogP contribution in [0.25, 0.3) is 11.3 Å². The van der Waals surface area contributed by atoms with Gasteiger partial charge < -0.3 is 24.1 Å². The van der Waals surface area contributed by atoms with Gasteiger partial charge in [0.2, 0.25) is 0 Å². The summed E-state index contributed by atoms with van der Waals surface area (Å²) < 4.78 is 17.5. The highest BCUT2D eigenvalue weighted by molar-refractivity contribution is 7.80. The maximum atomic E-state index is 6.39. The van der Waals surface area contributed by atoms with Crippen molar-refractivity contribution in [3.05, 3.63) is 95.5 Å². The molecule has 0 saturated carbocycles. The average Bonchev–Trinajstić information content (AvgIpc) is 3.49. The molecule has 0 radical (unpaired) electrons. The fourth-order valence-electron chi connectivity index (χ4n) is 4.17. The third-order valence-electron chi connectivity index (χ3n) is 5.79. The summed E-state index contributed by atoms with van der Waals surface area (Å²) in [4.78, 5) is 6.59. The number of nitrogens with one attached hydrogen (secondary N) is 1. The lowest BCUT2D eigenvalue weighted by Gasteiger charge is -2.27. The van der Waals surface area contributed by atoms with Crippen LogP contribution in [0.5, 0.6) is 11.5 Å². The first-order valence-electron chi connectivity index (χ1n) is 10.7. The molecule has 8 heteroatoms. The molecule has 6 nitrogen and oxygen atoms in total. The van der Waals surface area contributed by atoms with Gasteiger partial charge in [0.1, 0.15) is 29.1 Å². The Morgan fingerprint density at radius 2 is 1.82 bits per heavy atom. The summed E-state index contributed by atoms with van der Waals surface area (Å²) in [6, 6.07) is 22.4. The first kappa shape index (κ1) is 22.3. The second kappa shape index (κ2) is 9.37. The molecule has 1 N–H and O–H groups in total. The van der Waals surface area contributed by atoms with Crippen molar-refractivity contribution in [1.82, 2.24) is 10.3 Å². The van der Waals surface area contributed by atoms with Crippen LogP contribution >= 0.6 is 23.8 Å². The van der Waals surface area contributed by atoms with Gasteiger partial charge in [0.05, 0.1) is 31.6 Å². The van der Waals surface area contributed by atoms with Crippen LogP contribution in [-0.2, 0) is 0 Å². The molecule has 0 aliphatic carbocycles. The van der Waals surface area contributed by atoms with Crippen molar-refractivity contribution in [3.63, 3.8) is 0 Å². The van der Waals surface area contributed by atoms with E-state index in [9.17, 15) is 0 Å². The molecule has 1 saturated heterocycles. The Balaban J connectivity index is 1.63. The minimum Gasteiger partial charge on any atom is -0.497 e. The predicted molar refractivity (Wildman–Crippen MR) is 137 cm³/mol. The molecule has 0 unspecified atom stereocenters. The molecule has 1 aliphatic heterocycles. The van der Waals surface area contributed by atoms with Crippen LogP contribution < -0.4 is 19.7 Å². The lowest BCUT2D eigenvalue weighted by atomic mass is 10.0. The van der Waals surface area contributed by atoms with E-state index < -0.39 is 0 Å². The van der Waals surface area contributed by atoms with Crippen molar-refractivity contribution >= 4 is 34.6 Å². The number of ether oxygens (including phenoxy) is 2. The summed E-state index contributed by atoms with van der Waals surface area (Å²) >= 11 is 11.9. The number of aromatic nitrogens is 1. The fourth-order valence-corrected chi connectivity index (χ4v) is 4.63. The molecule has 4 aromatic rings. The molecule has 0 bridgehead atoms. The first-order chi connectivity index (χ1) is 16.6. The first-order valence-corrected chi connectivity index (χ1v) is 11.5. The molecule has 0 amide bonds. The number of furan rings is 1. The molecule has 1 aliphatic rings. The van der Waals surface area contributed by atoms with Gasteiger partial charge in [-0.15, -0.1) is 0 Å². The number of nitrogens with zero attached hydrogens (tertiary/aromatic N) is 2. The second-order valence-electron chi connectivity index (χ2n) is 7.74. The van der Waals surface area contributed by atoms with Crippen molar-refractivity contribution in [3.8, 4) is 22.8 Å². The van der Waals surface area contributed by atoms with Crippen molar-refractivity contribution in [2.45, 2.75) is 12.1 Å². The normalized spacial score (nSPS) is 17.5. The van der Waals surface area contributed by atoms with E-state index in [2.05, 4.69) is 10.3 Å². The van der Waals surface area contributed by atoms with Gasteiger partial charge in [-0.05, 0) is 72.9 Å². The summed E-state index contributed by atoms with van der Waals surface area (Å²) in [5, 5.41) is 4.65. The lowest BCUT2D eigenvalue weighted by molar-refractivity contribution is 0.400. The largest absolute Gasteiger partial charge is 0.497 e. The van der Waals surface area contributed by atoms with Gasteiger partial charge in [-0.1, -0.05) is 17.7 Å². The standard InChI is InChI=1S/C26H22ClN3O3S/c1-31-18-10-11-22(32-2)20(15-18)30-25(24(29-26(30)34)19-5-3-4-14-28-19)23-13-12-21(33-23)16-6-8-17(27)9-7-16/h3-15,24-25H,1-2H3,(H,29,34)/t24-,25-/m1/s1. The molecular weight excluding hydrogens is 470 g/mol. The number of methoxy groups -OCH3 is 2. The van der Waals surface area contributed by atoms with Crippen molar-refractivity contribution in [2.24, 2.45) is 0 Å². The molecule has 2 aromatic carbocycles. The Labute approximate surface area is 208 Å². The quantitative estimate of drug-likeness (QED) is 0.323. The van der Waals surface area contributed by atoms with Crippen molar-refractivity contribution < 1.29 is 13.9 Å². The minimum atomic E-state index is -0.315. The summed E-state index contributed by atoms with van der Waals surface area (Å²) in [7, 11) is 3.26. The van der Waals surface area contributed by atoms with Crippen LogP contribution in [0.2, 0.25) is 5.02 Å². The van der Waals surface area contributed by atoms with E-state index in [0.717, 1.165) is 28.5 Å². The smallest absolute Gasteiger partial charge is 0.174 e. The zero-order valence-corrected chi connectivity index (χ0v) is 20.1. The van der Waals surface area contributed by atoms with E-state index in [-0.39, 0.29) is 12.1 Å². The number of halogens is 1. The van der Waals surface area contributed by atoms with E-state index in [1.807, 2.05) is 77.7 Å². The van der Waals surface area contributed by atoms with Gasteiger partial charge in [-0.3, -0.25) is 4.98 Å². The van der Waals surface area contributed by atoms with Crippen LogP contribution in [0.1, 0.15) is 23.5 Å². The van der Waals surface area contributed by atoms with Gasteiger partial charge in [0.25, 0.3) is 0 Å². The molecule has 2 aromatic heterocycles. The van der Waals surface area contributed by atoms with E-state index in [4.69, 9.17) is 37.7 Å². The zero-order chi connectivity index (χ0) is 23.7. The maximum absolute atomic E-state index is 6.39. The molecule has 1 fully saturated rings. The molecule has 3 heterocycles. The third-order valence-corrected chi connectivity index (χ3v) is 6.36. The van der Waals surface area contributed by atoms with Gasteiger partial charge in [-0.2, -0.15) is 0 Å². The maximum Gasteiger partial charge on any atom is 0.174 e. The van der Waals surface area contributed by atoms with E-state index in [1.54, 1.807) is 20.4 Å². The SMILES string of the molecule is COc1ccc(OC)c(N2C(=S)N[C@H](c3ccccn3)[C@H]2c2ccc(-c3ccc(Cl)cc3)o2)c1. The Morgan fingerprint density at radius 1 is 1.00 bits per heavy atom. The number of pyridine rings is 1. The fraction of sp³-hybridized carbons (Fsp3) is 0.154. The predicted octanol–water partition coefficient (Wildman–Crippen LogP) is 6.19. The zero-order valence-electron chi connectivity index (χ0n) is 18.6. The van der Waals surface area contributed by atoms with E-state index in [1.165, 1.54) is 0 Å². The molecule has 2 atom stereocenters. The van der Waals surface area contributed by atoms with E-state index >= 15 is 0 Å². The topological polar surface area (TPSA) is 59.8 Å². The summed E-state index contributed by atoms with van der Waals surface area (Å²) in [5.74, 6) is 2.83. The third kappa shape index (κ3) is 4.08. The Kier molecular flexibility index (Phi) is 6.13. The van der Waals surface area contributed by atoms with E-state index in [0.29, 0.717) is 21.6 Å². The number of hydrogen-bond acceptors (Lipinski definition) is 5. The number of benzene rings is 2. The Hall–Kier alpha value is -3.55. The highest BCUT2D eigenvalue weighted by Gasteiger charge is 2.43. The van der Waals surface area contributed by atoms with Gasteiger partial charge in [-0.25, -0.2) is 0 Å². The van der Waals surface area contributed by atoms with Crippen LogP contribution in [0.3, 0.4) is 0 Å². The van der Waals surface area contributed by atoms with Crippen LogP contribution in [0.4, 0.5) is 5.69 Å². The van der Waals surface area contributed by atoms with Crippen molar-refractivity contribution in [1.29, 1.82) is 0 Å². The average molecular weight is 492 g/mol. The number of thiocarbonyl (C=S) groups is 1. The summed E-state index contributed by atoms with van der Waals surface area (Å²) in [6.07, 6.45) is 1.77. The monoisotopic (exact) mass is 491 g/mol. The van der Waals surface area contributed by atoms with Gasteiger partial charge >= 0.3 is 0 Å². The molecule has 172 valence electrons. The number of rotatable bonds is 6. The second-order valence-corrected chi connectivity index (χ2v) is 8.57. The Bertz CT molecular complexity index is 1310. The van der Waals surface area contributed by atoms with Crippen LogP contribution in [0, 0.1) is 0 Å². The Morgan fingerprint density at radius 3 is 2.53 bits per heavy atom. The summed E-state index contributed by atoms with van der Waals surface area (Å²) in [6.45, 7) is 0. The summed E-state index contributed by atoms with van der Waals surface area (Å²) in [5.41, 5.74) is 2.56. The number of hydrogen-bond donors (Lipinski definition) is 1. The molecule has 34 heavy (non-hydrogen) atoms. The molecular formula is C26H22ClN3O3S. The lowest BCUT2D eigenvalue weighted by Crippen LogP contribution is -2.29.